The largest absolute Gasteiger partial charge is 0.494 e. The molecular formula is C15H20N2O. The Morgan fingerprint density at radius 2 is 2.06 bits per heavy atom. The van der Waals surface area contributed by atoms with Gasteiger partial charge in [-0.05, 0) is 52.0 Å². The molecule has 1 aromatic heterocycles. The Hall–Kier alpha value is -1.77. The molecule has 0 unspecified atom stereocenters. The van der Waals surface area contributed by atoms with E-state index in [1.54, 1.807) is 0 Å². The minimum Gasteiger partial charge on any atom is -0.494 e. The molecule has 0 saturated heterocycles. The molecule has 96 valence electrons. The highest BCUT2D eigenvalue weighted by atomic mass is 16.5. The van der Waals surface area contributed by atoms with Crippen LogP contribution in [0.3, 0.4) is 0 Å². The molecule has 2 rings (SSSR count). The lowest BCUT2D eigenvalue weighted by atomic mass is 10.1. The van der Waals surface area contributed by atoms with E-state index in [2.05, 4.69) is 36.3 Å². The standard InChI is InChI=1S/C15H20N2O/c1-5-18-12-6-7-14-13(9-12)15(16-10(2)3)8-11(4)17-14/h6-10H,5H2,1-4H3,(H,16,17). The van der Waals surface area contributed by atoms with Gasteiger partial charge in [-0.2, -0.15) is 0 Å². The highest BCUT2D eigenvalue weighted by Crippen LogP contribution is 2.27. The van der Waals surface area contributed by atoms with Crippen molar-refractivity contribution in [1.29, 1.82) is 0 Å². The van der Waals surface area contributed by atoms with Gasteiger partial charge in [-0.1, -0.05) is 0 Å². The summed E-state index contributed by atoms with van der Waals surface area (Å²) in [6.07, 6.45) is 0. The van der Waals surface area contributed by atoms with E-state index in [1.165, 1.54) is 0 Å². The third kappa shape index (κ3) is 2.73. The Kier molecular flexibility index (Phi) is 3.70. The Bertz CT molecular complexity index is 549. The summed E-state index contributed by atoms with van der Waals surface area (Å²) in [5, 5.41) is 4.57. The SMILES string of the molecule is CCOc1ccc2nc(C)cc(NC(C)C)c2c1. The third-order valence-corrected chi connectivity index (χ3v) is 2.66. The molecule has 18 heavy (non-hydrogen) atoms. The average Bonchev–Trinajstić information content (AvgIpc) is 2.29. The number of nitrogens with one attached hydrogen (secondary N) is 1. The van der Waals surface area contributed by atoms with Crippen LogP contribution < -0.4 is 10.1 Å². The van der Waals surface area contributed by atoms with Crippen LogP contribution in [0.1, 0.15) is 26.5 Å². The molecule has 1 N–H and O–H groups in total. The van der Waals surface area contributed by atoms with Gasteiger partial charge in [0.15, 0.2) is 0 Å². The maximum Gasteiger partial charge on any atom is 0.120 e. The lowest BCUT2D eigenvalue weighted by Gasteiger charge is -2.14. The average molecular weight is 244 g/mol. The summed E-state index contributed by atoms with van der Waals surface area (Å²) in [6, 6.07) is 8.51. The first-order valence-corrected chi connectivity index (χ1v) is 6.41. The van der Waals surface area contributed by atoms with Gasteiger partial charge in [0.25, 0.3) is 0 Å². The van der Waals surface area contributed by atoms with Crippen LogP contribution in [-0.2, 0) is 0 Å². The fourth-order valence-electron chi connectivity index (χ4n) is 2.02. The second-order valence-corrected chi connectivity index (χ2v) is 4.72. The predicted molar refractivity (Wildman–Crippen MR) is 76.4 cm³/mol. The molecule has 0 spiro atoms. The molecule has 1 heterocycles. The number of anilines is 1. The van der Waals surface area contributed by atoms with E-state index in [0.717, 1.165) is 28.0 Å². The molecule has 0 bridgehead atoms. The lowest BCUT2D eigenvalue weighted by molar-refractivity contribution is 0.340. The van der Waals surface area contributed by atoms with Crippen LogP contribution in [0.15, 0.2) is 24.3 Å². The van der Waals surface area contributed by atoms with Crippen molar-refractivity contribution in [2.45, 2.75) is 33.7 Å². The van der Waals surface area contributed by atoms with Gasteiger partial charge in [-0.3, -0.25) is 4.98 Å². The zero-order valence-corrected chi connectivity index (χ0v) is 11.4. The molecular weight excluding hydrogens is 224 g/mol. The first kappa shape index (κ1) is 12.7. The Morgan fingerprint density at radius 3 is 2.72 bits per heavy atom. The first-order valence-electron chi connectivity index (χ1n) is 6.41. The molecule has 0 fully saturated rings. The van der Waals surface area contributed by atoms with E-state index >= 15 is 0 Å². The van der Waals surface area contributed by atoms with Gasteiger partial charge in [0.2, 0.25) is 0 Å². The van der Waals surface area contributed by atoms with E-state index in [9.17, 15) is 0 Å². The zero-order chi connectivity index (χ0) is 13.1. The molecule has 3 heteroatoms. The van der Waals surface area contributed by atoms with Crippen molar-refractivity contribution < 1.29 is 4.74 Å². The smallest absolute Gasteiger partial charge is 0.120 e. The van der Waals surface area contributed by atoms with E-state index in [4.69, 9.17) is 4.74 Å². The number of ether oxygens (including phenoxy) is 1. The Labute approximate surface area is 108 Å². The first-order chi connectivity index (χ1) is 8.60. The molecule has 3 nitrogen and oxygen atoms in total. The van der Waals surface area contributed by atoms with Crippen LogP contribution in [0.25, 0.3) is 10.9 Å². The molecule has 0 saturated carbocycles. The molecule has 0 radical (unpaired) electrons. The summed E-state index contributed by atoms with van der Waals surface area (Å²) in [5.74, 6) is 0.891. The number of benzene rings is 1. The van der Waals surface area contributed by atoms with Gasteiger partial charge in [-0.15, -0.1) is 0 Å². The van der Waals surface area contributed by atoms with Crippen molar-refractivity contribution in [3.8, 4) is 5.75 Å². The summed E-state index contributed by atoms with van der Waals surface area (Å²) >= 11 is 0. The number of pyridine rings is 1. The van der Waals surface area contributed by atoms with Crippen LogP contribution >= 0.6 is 0 Å². The van der Waals surface area contributed by atoms with Gasteiger partial charge in [0, 0.05) is 22.8 Å². The number of aryl methyl sites for hydroxylation is 1. The number of hydrogen-bond acceptors (Lipinski definition) is 3. The predicted octanol–water partition coefficient (Wildman–Crippen LogP) is 3.76. The van der Waals surface area contributed by atoms with Crippen LogP contribution in [-0.4, -0.2) is 17.6 Å². The van der Waals surface area contributed by atoms with Crippen molar-refractivity contribution in [1.82, 2.24) is 4.98 Å². The number of fused-ring (bicyclic) bond motifs is 1. The normalized spacial score (nSPS) is 10.9. The van der Waals surface area contributed by atoms with Crippen LogP contribution in [0.5, 0.6) is 5.75 Å². The molecule has 2 aromatic rings. The Morgan fingerprint density at radius 1 is 1.28 bits per heavy atom. The van der Waals surface area contributed by atoms with Gasteiger partial charge < -0.3 is 10.1 Å². The summed E-state index contributed by atoms with van der Waals surface area (Å²) < 4.78 is 5.55. The van der Waals surface area contributed by atoms with E-state index in [-0.39, 0.29) is 0 Å². The highest BCUT2D eigenvalue weighted by molar-refractivity contribution is 5.92. The number of aromatic nitrogens is 1. The molecule has 0 aliphatic heterocycles. The topological polar surface area (TPSA) is 34.1 Å². The molecule has 0 atom stereocenters. The Balaban J connectivity index is 2.54. The second kappa shape index (κ2) is 5.25. The van der Waals surface area contributed by atoms with Gasteiger partial charge in [-0.25, -0.2) is 0 Å². The maximum atomic E-state index is 5.55. The lowest BCUT2D eigenvalue weighted by Crippen LogP contribution is -2.10. The number of rotatable bonds is 4. The molecule has 1 aromatic carbocycles. The van der Waals surface area contributed by atoms with Crippen molar-refractivity contribution in [2.75, 3.05) is 11.9 Å². The molecule has 0 aliphatic carbocycles. The van der Waals surface area contributed by atoms with E-state index < -0.39 is 0 Å². The summed E-state index contributed by atoms with van der Waals surface area (Å²) in [7, 11) is 0. The van der Waals surface area contributed by atoms with Gasteiger partial charge in [0.1, 0.15) is 5.75 Å². The zero-order valence-electron chi connectivity index (χ0n) is 11.4. The number of nitrogens with zero attached hydrogens (tertiary/aromatic N) is 1. The third-order valence-electron chi connectivity index (χ3n) is 2.66. The van der Waals surface area contributed by atoms with Crippen LogP contribution in [0.4, 0.5) is 5.69 Å². The monoisotopic (exact) mass is 244 g/mol. The van der Waals surface area contributed by atoms with Gasteiger partial charge >= 0.3 is 0 Å². The summed E-state index contributed by atoms with van der Waals surface area (Å²) in [4.78, 5) is 4.55. The van der Waals surface area contributed by atoms with Gasteiger partial charge in [0.05, 0.1) is 12.1 Å². The fraction of sp³-hybridized carbons (Fsp3) is 0.400. The van der Waals surface area contributed by atoms with Crippen LogP contribution in [0.2, 0.25) is 0 Å². The molecule has 0 amide bonds. The molecule has 0 aliphatic rings. The van der Waals surface area contributed by atoms with Crippen molar-refractivity contribution >= 4 is 16.6 Å². The quantitative estimate of drug-likeness (QED) is 0.889. The van der Waals surface area contributed by atoms with E-state index in [0.29, 0.717) is 12.6 Å². The number of hydrogen-bond donors (Lipinski definition) is 1. The second-order valence-electron chi connectivity index (χ2n) is 4.72. The van der Waals surface area contributed by atoms with Crippen LogP contribution in [0, 0.1) is 6.92 Å². The summed E-state index contributed by atoms with van der Waals surface area (Å²) in [6.45, 7) is 8.95. The highest BCUT2D eigenvalue weighted by Gasteiger charge is 2.06. The van der Waals surface area contributed by atoms with Crippen molar-refractivity contribution in [3.05, 3.63) is 30.0 Å². The fourth-order valence-corrected chi connectivity index (χ4v) is 2.02. The minimum atomic E-state index is 0.394. The van der Waals surface area contributed by atoms with Crippen molar-refractivity contribution in [2.24, 2.45) is 0 Å². The van der Waals surface area contributed by atoms with Crippen molar-refractivity contribution in [3.63, 3.8) is 0 Å². The maximum absolute atomic E-state index is 5.55. The summed E-state index contributed by atoms with van der Waals surface area (Å²) in [5.41, 5.74) is 3.14. The van der Waals surface area contributed by atoms with E-state index in [1.807, 2.05) is 26.0 Å². The minimum absolute atomic E-state index is 0.394.